The van der Waals surface area contributed by atoms with Gasteiger partial charge in [0.15, 0.2) is 0 Å². The van der Waals surface area contributed by atoms with Crippen LogP contribution in [-0.4, -0.2) is 21.3 Å². The van der Waals surface area contributed by atoms with E-state index in [0.29, 0.717) is 11.3 Å². The molecular formula is C10H8N2O4. The van der Waals surface area contributed by atoms with Crippen LogP contribution in [0.4, 0.5) is 5.69 Å². The van der Waals surface area contributed by atoms with E-state index in [1.165, 1.54) is 18.2 Å². The maximum atomic E-state index is 10.6. The number of aromatic carboxylic acids is 1. The van der Waals surface area contributed by atoms with Gasteiger partial charge in [-0.1, -0.05) is 5.16 Å². The van der Waals surface area contributed by atoms with Gasteiger partial charge in [0, 0.05) is 11.6 Å². The number of hydrogen-bond acceptors (Lipinski definition) is 5. The highest BCUT2D eigenvalue weighted by Gasteiger charge is 2.12. The van der Waals surface area contributed by atoms with E-state index in [1.54, 1.807) is 6.07 Å². The van der Waals surface area contributed by atoms with E-state index >= 15 is 0 Å². The molecule has 1 heterocycles. The lowest BCUT2D eigenvalue weighted by molar-refractivity contribution is 0.0652. The van der Waals surface area contributed by atoms with Gasteiger partial charge in [-0.25, -0.2) is 4.79 Å². The van der Waals surface area contributed by atoms with E-state index < -0.39 is 5.97 Å². The second-order valence-corrected chi connectivity index (χ2v) is 3.16. The number of hydrogen-bond donors (Lipinski definition) is 3. The number of nitrogens with two attached hydrogens (primary N) is 1. The molecule has 0 bridgehead atoms. The summed E-state index contributed by atoms with van der Waals surface area (Å²) in [6.45, 7) is 0. The minimum absolute atomic E-state index is 0.0364. The number of carboxylic acids is 1. The fourth-order valence-electron chi connectivity index (χ4n) is 1.23. The molecule has 1 aromatic carbocycles. The van der Waals surface area contributed by atoms with E-state index in [0.717, 1.165) is 0 Å². The number of carboxylic acid groups (broad SMARTS) is 1. The number of phenols is 1. The standard InChI is InChI=1S/C10H8N2O4/c11-6-3-5(1-2-8(6)13)7-4-9(10(14)15)16-12-7/h1-4,13H,11H2,(H,14,15). The summed E-state index contributed by atoms with van der Waals surface area (Å²) in [7, 11) is 0. The zero-order chi connectivity index (χ0) is 11.7. The molecule has 6 heteroatoms. The number of phenolic OH excluding ortho intramolecular Hbond substituents is 1. The van der Waals surface area contributed by atoms with Crippen LogP contribution in [0.25, 0.3) is 11.3 Å². The van der Waals surface area contributed by atoms with Crippen LogP contribution in [0.2, 0.25) is 0 Å². The Bertz CT molecular complexity index is 548. The largest absolute Gasteiger partial charge is 0.506 e. The summed E-state index contributed by atoms with van der Waals surface area (Å²) in [6, 6.07) is 5.74. The van der Waals surface area contributed by atoms with Crippen LogP contribution in [0.1, 0.15) is 10.6 Å². The third kappa shape index (κ3) is 1.68. The molecule has 16 heavy (non-hydrogen) atoms. The van der Waals surface area contributed by atoms with E-state index in [2.05, 4.69) is 9.68 Å². The summed E-state index contributed by atoms with van der Waals surface area (Å²) >= 11 is 0. The van der Waals surface area contributed by atoms with E-state index in [1.807, 2.05) is 0 Å². The molecule has 0 spiro atoms. The van der Waals surface area contributed by atoms with Gasteiger partial charge < -0.3 is 20.5 Å². The molecule has 0 unspecified atom stereocenters. The average molecular weight is 220 g/mol. The first-order valence-electron chi connectivity index (χ1n) is 4.37. The van der Waals surface area contributed by atoms with Crippen molar-refractivity contribution in [1.29, 1.82) is 0 Å². The first kappa shape index (κ1) is 10.0. The van der Waals surface area contributed by atoms with Crippen molar-refractivity contribution in [3.8, 4) is 17.0 Å². The quantitative estimate of drug-likeness (QED) is 0.520. The van der Waals surface area contributed by atoms with Crippen LogP contribution in [0.5, 0.6) is 5.75 Å². The van der Waals surface area contributed by atoms with Gasteiger partial charge >= 0.3 is 5.97 Å². The Balaban J connectivity index is 2.42. The van der Waals surface area contributed by atoms with Crippen molar-refractivity contribution in [3.63, 3.8) is 0 Å². The molecule has 2 rings (SSSR count). The predicted octanol–water partition coefficient (Wildman–Crippen LogP) is 1.33. The number of rotatable bonds is 2. The van der Waals surface area contributed by atoms with Crippen LogP contribution in [0, 0.1) is 0 Å². The topological polar surface area (TPSA) is 110 Å². The number of benzene rings is 1. The molecule has 1 aromatic heterocycles. The molecule has 0 atom stereocenters. The summed E-state index contributed by atoms with van der Waals surface area (Å²) in [5.74, 6) is -1.47. The number of carbonyl (C=O) groups is 1. The Morgan fingerprint density at radius 3 is 2.69 bits per heavy atom. The summed E-state index contributed by atoms with van der Waals surface area (Å²) in [6.07, 6.45) is 0. The maximum Gasteiger partial charge on any atom is 0.374 e. The number of nitrogen functional groups attached to an aromatic ring is 1. The SMILES string of the molecule is Nc1cc(-c2cc(C(=O)O)on2)ccc1O. The van der Waals surface area contributed by atoms with Crippen molar-refractivity contribution in [3.05, 3.63) is 30.0 Å². The number of anilines is 1. The number of aromatic hydroxyl groups is 1. The highest BCUT2D eigenvalue weighted by atomic mass is 16.5. The molecule has 0 aliphatic heterocycles. The van der Waals surface area contributed by atoms with Gasteiger partial charge in [-0.15, -0.1) is 0 Å². The Kier molecular flexibility index (Phi) is 2.24. The fraction of sp³-hybridized carbons (Fsp3) is 0. The molecule has 82 valence electrons. The Hall–Kier alpha value is -2.50. The average Bonchev–Trinajstić information content (AvgIpc) is 2.71. The number of nitrogens with zero attached hydrogens (tertiary/aromatic N) is 1. The molecule has 0 amide bonds. The first-order chi connectivity index (χ1) is 7.58. The molecule has 4 N–H and O–H groups in total. The van der Waals surface area contributed by atoms with Crippen molar-refractivity contribution in [2.24, 2.45) is 0 Å². The van der Waals surface area contributed by atoms with Crippen LogP contribution >= 0.6 is 0 Å². The van der Waals surface area contributed by atoms with Gasteiger partial charge in [0.2, 0.25) is 5.76 Å². The molecule has 0 saturated carbocycles. The lowest BCUT2D eigenvalue weighted by Crippen LogP contribution is -1.91. The van der Waals surface area contributed by atoms with Crippen LogP contribution in [0.3, 0.4) is 0 Å². The summed E-state index contributed by atoms with van der Waals surface area (Å²) in [5, 5.41) is 21.5. The van der Waals surface area contributed by atoms with Crippen molar-refractivity contribution in [1.82, 2.24) is 5.16 Å². The van der Waals surface area contributed by atoms with Gasteiger partial charge in [-0.05, 0) is 18.2 Å². The molecule has 0 aliphatic rings. The van der Waals surface area contributed by atoms with Gasteiger partial charge in [0.1, 0.15) is 11.4 Å². The van der Waals surface area contributed by atoms with Gasteiger partial charge in [-0.3, -0.25) is 0 Å². The van der Waals surface area contributed by atoms with Crippen molar-refractivity contribution in [2.75, 3.05) is 5.73 Å². The predicted molar refractivity (Wildman–Crippen MR) is 55.0 cm³/mol. The van der Waals surface area contributed by atoms with Gasteiger partial charge in [0.05, 0.1) is 5.69 Å². The fourth-order valence-corrected chi connectivity index (χ4v) is 1.23. The lowest BCUT2D eigenvalue weighted by atomic mass is 10.1. The third-order valence-electron chi connectivity index (χ3n) is 2.04. The first-order valence-corrected chi connectivity index (χ1v) is 4.37. The smallest absolute Gasteiger partial charge is 0.374 e. The monoisotopic (exact) mass is 220 g/mol. The molecule has 2 aromatic rings. The molecule has 0 radical (unpaired) electrons. The van der Waals surface area contributed by atoms with E-state index in [4.69, 9.17) is 10.8 Å². The highest BCUT2D eigenvalue weighted by Crippen LogP contribution is 2.27. The van der Waals surface area contributed by atoms with Gasteiger partial charge in [-0.2, -0.15) is 0 Å². The van der Waals surface area contributed by atoms with Crippen LogP contribution in [0.15, 0.2) is 28.8 Å². The molecule has 0 aliphatic carbocycles. The van der Waals surface area contributed by atoms with Crippen LogP contribution in [-0.2, 0) is 0 Å². The minimum atomic E-state index is -1.19. The normalized spacial score (nSPS) is 10.2. The van der Waals surface area contributed by atoms with Crippen LogP contribution < -0.4 is 5.73 Å². The molecule has 6 nitrogen and oxygen atoms in total. The zero-order valence-corrected chi connectivity index (χ0v) is 8.04. The lowest BCUT2D eigenvalue weighted by Gasteiger charge is -1.99. The maximum absolute atomic E-state index is 10.6. The minimum Gasteiger partial charge on any atom is -0.506 e. The zero-order valence-electron chi connectivity index (χ0n) is 8.04. The molecule has 0 saturated heterocycles. The second-order valence-electron chi connectivity index (χ2n) is 3.16. The van der Waals surface area contributed by atoms with E-state index in [9.17, 15) is 9.90 Å². The van der Waals surface area contributed by atoms with Crippen molar-refractivity contribution in [2.45, 2.75) is 0 Å². The summed E-state index contributed by atoms with van der Waals surface area (Å²) < 4.78 is 4.60. The van der Waals surface area contributed by atoms with Crippen molar-refractivity contribution >= 4 is 11.7 Å². The third-order valence-corrected chi connectivity index (χ3v) is 2.04. The Labute approximate surface area is 89.9 Å². The molecular weight excluding hydrogens is 212 g/mol. The van der Waals surface area contributed by atoms with Crippen molar-refractivity contribution < 1.29 is 19.5 Å². The van der Waals surface area contributed by atoms with Gasteiger partial charge in [0.25, 0.3) is 0 Å². The summed E-state index contributed by atoms with van der Waals surface area (Å²) in [4.78, 5) is 10.6. The summed E-state index contributed by atoms with van der Waals surface area (Å²) in [5.41, 5.74) is 6.62. The second kappa shape index (κ2) is 3.58. The number of aromatic nitrogens is 1. The molecule has 0 fully saturated rings. The van der Waals surface area contributed by atoms with E-state index in [-0.39, 0.29) is 17.2 Å². The Morgan fingerprint density at radius 1 is 1.38 bits per heavy atom. The Morgan fingerprint density at radius 2 is 2.12 bits per heavy atom. The highest BCUT2D eigenvalue weighted by molar-refractivity contribution is 5.85.